The van der Waals surface area contributed by atoms with Crippen molar-refractivity contribution in [2.45, 2.75) is 38.6 Å². The second-order valence-electron chi connectivity index (χ2n) is 7.19. The van der Waals surface area contributed by atoms with Gasteiger partial charge in [-0.1, -0.05) is 48.0 Å². The molecule has 1 fully saturated rings. The summed E-state index contributed by atoms with van der Waals surface area (Å²) in [5.41, 5.74) is 5.72. The summed E-state index contributed by atoms with van der Waals surface area (Å²) in [5.74, 6) is 0.288. The molecule has 124 valence electrons. The maximum Gasteiger partial charge on any atom is 0.238 e. The molecule has 2 aromatic rings. The Morgan fingerprint density at radius 1 is 1.08 bits per heavy atom. The van der Waals surface area contributed by atoms with Crippen LogP contribution in [0.3, 0.4) is 0 Å². The molecule has 1 N–H and O–H groups in total. The molecule has 1 saturated heterocycles. The van der Waals surface area contributed by atoms with Crippen molar-refractivity contribution in [3.63, 3.8) is 0 Å². The summed E-state index contributed by atoms with van der Waals surface area (Å²) in [4.78, 5) is 15.5. The number of nitrogens with zero attached hydrogens (tertiary/aromatic N) is 1. The maximum atomic E-state index is 13.5. The number of anilines is 1. The van der Waals surface area contributed by atoms with Gasteiger partial charge in [-0.15, -0.1) is 0 Å². The predicted octanol–water partition coefficient (Wildman–Crippen LogP) is 3.47. The molecule has 3 heteroatoms. The quantitative estimate of drug-likeness (QED) is 0.919. The largest absolute Gasteiger partial charge is 0.317 e. The lowest BCUT2D eigenvalue weighted by Crippen LogP contribution is -2.47. The number of rotatable bonds is 2. The lowest BCUT2D eigenvalue weighted by Gasteiger charge is -2.33. The molecule has 2 aromatic carbocycles. The van der Waals surface area contributed by atoms with E-state index in [4.69, 9.17) is 0 Å². The van der Waals surface area contributed by atoms with E-state index in [1.165, 1.54) is 22.3 Å². The molecule has 2 aliphatic heterocycles. The average Bonchev–Trinajstić information content (AvgIpc) is 2.80. The summed E-state index contributed by atoms with van der Waals surface area (Å²) < 4.78 is 0. The Kier molecular flexibility index (Phi) is 3.69. The van der Waals surface area contributed by atoms with Gasteiger partial charge in [0.05, 0.1) is 17.6 Å². The number of aryl methyl sites for hydroxylation is 2. The first-order valence-electron chi connectivity index (χ1n) is 8.80. The predicted molar refractivity (Wildman–Crippen MR) is 97.3 cm³/mol. The van der Waals surface area contributed by atoms with Crippen LogP contribution in [0.25, 0.3) is 0 Å². The van der Waals surface area contributed by atoms with E-state index >= 15 is 0 Å². The van der Waals surface area contributed by atoms with Crippen molar-refractivity contribution in [2.24, 2.45) is 0 Å². The molecule has 24 heavy (non-hydrogen) atoms. The maximum absolute atomic E-state index is 13.5. The van der Waals surface area contributed by atoms with Crippen LogP contribution in [0.5, 0.6) is 0 Å². The van der Waals surface area contributed by atoms with Gasteiger partial charge < -0.3 is 10.2 Å². The molecule has 3 nitrogen and oxygen atoms in total. The Bertz CT molecular complexity index is 776. The second-order valence-corrected chi connectivity index (χ2v) is 7.19. The number of piperidine rings is 1. The van der Waals surface area contributed by atoms with E-state index in [2.05, 4.69) is 43.4 Å². The molecule has 1 amide bonds. The summed E-state index contributed by atoms with van der Waals surface area (Å²) >= 11 is 0. The molecule has 0 aliphatic carbocycles. The van der Waals surface area contributed by atoms with Crippen LogP contribution in [0.2, 0.25) is 0 Å². The third-order valence-corrected chi connectivity index (χ3v) is 5.53. The van der Waals surface area contributed by atoms with Crippen LogP contribution in [0.4, 0.5) is 5.69 Å². The van der Waals surface area contributed by atoms with Crippen LogP contribution in [0.15, 0.2) is 42.5 Å². The molecule has 2 heterocycles. The van der Waals surface area contributed by atoms with Crippen molar-refractivity contribution in [1.29, 1.82) is 0 Å². The minimum absolute atomic E-state index is 0.288. The second kappa shape index (κ2) is 5.75. The first-order valence-corrected chi connectivity index (χ1v) is 8.80. The molecule has 4 rings (SSSR count). The van der Waals surface area contributed by atoms with Gasteiger partial charge in [0.25, 0.3) is 0 Å². The molecule has 2 aliphatic rings. The van der Waals surface area contributed by atoms with Crippen molar-refractivity contribution in [3.8, 4) is 0 Å². The van der Waals surface area contributed by atoms with Crippen LogP contribution in [0, 0.1) is 13.8 Å². The summed E-state index contributed by atoms with van der Waals surface area (Å²) in [6, 6.07) is 14.7. The average molecular weight is 320 g/mol. The Hall–Kier alpha value is -2.13. The molecule has 0 radical (unpaired) electrons. The van der Waals surface area contributed by atoms with Gasteiger partial charge in [0.2, 0.25) is 5.91 Å². The van der Waals surface area contributed by atoms with Crippen molar-refractivity contribution < 1.29 is 4.79 Å². The van der Waals surface area contributed by atoms with E-state index in [9.17, 15) is 4.79 Å². The summed E-state index contributed by atoms with van der Waals surface area (Å²) in [6.07, 6.45) is 1.79. The fourth-order valence-electron chi connectivity index (χ4n) is 4.41. The minimum Gasteiger partial charge on any atom is -0.317 e. The molecule has 0 unspecified atom stereocenters. The fourth-order valence-corrected chi connectivity index (χ4v) is 4.41. The third kappa shape index (κ3) is 2.27. The normalized spacial score (nSPS) is 18.9. The van der Waals surface area contributed by atoms with Gasteiger partial charge in [-0.05, 0) is 56.5 Å². The molecule has 0 aromatic heterocycles. The Balaban J connectivity index is 1.83. The first-order chi connectivity index (χ1) is 11.6. The summed E-state index contributed by atoms with van der Waals surface area (Å²) in [5, 5.41) is 3.41. The van der Waals surface area contributed by atoms with Gasteiger partial charge in [0.15, 0.2) is 0 Å². The monoisotopic (exact) mass is 320 g/mol. The lowest BCUT2D eigenvalue weighted by atomic mass is 9.73. The molecule has 0 atom stereocenters. The Labute approximate surface area is 143 Å². The van der Waals surface area contributed by atoms with E-state index < -0.39 is 0 Å². The smallest absolute Gasteiger partial charge is 0.238 e. The number of carbonyl (C=O) groups is 1. The zero-order valence-electron chi connectivity index (χ0n) is 14.4. The highest BCUT2D eigenvalue weighted by atomic mass is 16.2. The number of amides is 1. The highest BCUT2D eigenvalue weighted by molar-refractivity contribution is 6.09. The summed E-state index contributed by atoms with van der Waals surface area (Å²) in [6.45, 7) is 6.75. The lowest BCUT2D eigenvalue weighted by molar-refractivity contribution is -0.124. The van der Waals surface area contributed by atoms with Gasteiger partial charge in [0, 0.05) is 0 Å². The summed E-state index contributed by atoms with van der Waals surface area (Å²) in [7, 11) is 0. The van der Waals surface area contributed by atoms with E-state index in [0.717, 1.165) is 31.6 Å². The number of benzene rings is 2. The van der Waals surface area contributed by atoms with Gasteiger partial charge in [-0.3, -0.25) is 4.79 Å². The van der Waals surface area contributed by atoms with E-state index in [-0.39, 0.29) is 11.3 Å². The fraction of sp³-hybridized carbons (Fsp3) is 0.381. The van der Waals surface area contributed by atoms with Gasteiger partial charge in [-0.2, -0.15) is 0 Å². The zero-order valence-corrected chi connectivity index (χ0v) is 14.4. The van der Waals surface area contributed by atoms with Crippen LogP contribution in [0.1, 0.15) is 35.1 Å². The van der Waals surface area contributed by atoms with Crippen LogP contribution >= 0.6 is 0 Å². The number of hydrogen-bond acceptors (Lipinski definition) is 2. The Morgan fingerprint density at radius 3 is 2.50 bits per heavy atom. The van der Waals surface area contributed by atoms with Gasteiger partial charge >= 0.3 is 0 Å². The standard InChI is InChI=1S/C21H24N2O/c1-15-12-16(2)19-18(13-15)21(8-10-22-11-9-21)20(24)23(19)14-17-6-4-3-5-7-17/h3-7,12-13,22H,8-11,14H2,1-2H3. The first kappa shape index (κ1) is 15.4. The van der Waals surface area contributed by atoms with Crippen LogP contribution in [-0.4, -0.2) is 19.0 Å². The Morgan fingerprint density at radius 2 is 1.79 bits per heavy atom. The zero-order chi connectivity index (χ0) is 16.7. The third-order valence-electron chi connectivity index (χ3n) is 5.53. The molecule has 0 saturated carbocycles. The van der Waals surface area contributed by atoms with Gasteiger partial charge in [0.1, 0.15) is 0 Å². The highest BCUT2D eigenvalue weighted by Gasteiger charge is 2.51. The number of fused-ring (bicyclic) bond motifs is 2. The molecular formula is C21H24N2O. The topological polar surface area (TPSA) is 32.3 Å². The van der Waals surface area contributed by atoms with E-state index in [1.54, 1.807) is 0 Å². The van der Waals surface area contributed by atoms with Crippen molar-refractivity contribution in [1.82, 2.24) is 5.32 Å². The molecule has 1 spiro atoms. The van der Waals surface area contributed by atoms with Gasteiger partial charge in [-0.25, -0.2) is 0 Å². The SMILES string of the molecule is Cc1cc(C)c2c(c1)C1(CCNCC1)C(=O)N2Cc1ccccc1. The molecule has 0 bridgehead atoms. The number of carbonyl (C=O) groups excluding carboxylic acids is 1. The highest BCUT2D eigenvalue weighted by Crippen LogP contribution is 2.49. The van der Waals surface area contributed by atoms with Crippen molar-refractivity contribution >= 4 is 11.6 Å². The van der Waals surface area contributed by atoms with Crippen molar-refractivity contribution in [2.75, 3.05) is 18.0 Å². The minimum atomic E-state index is -0.327. The van der Waals surface area contributed by atoms with Crippen LogP contribution < -0.4 is 10.2 Å². The van der Waals surface area contributed by atoms with E-state index in [0.29, 0.717) is 6.54 Å². The number of hydrogen-bond donors (Lipinski definition) is 1. The van der Waals surface area contributed by atoms with Crippen LogP contribution in [-0.2, 0) is 16.8 Å². The number of nitrogens with one attached hydrogen (secondary N) is 1. The van der Waals surface area contributed by atoms with E-state index in [1.807, 2.05) is 23.1 Å². The van der Waals surface area contributed by atoms with Crippen molar-refractivity contribution in [3.05, 3.63) is 64.7 Å². The molecular weight excluding hydrogens is 296 g/mol.